The second-order valence-electron chi connectivity index (χ2n) is 2.99. The summed E-state index contributed by atoms with van der Waals surface area (Å²) in [5.41, 5.74) is 0.305. The van der Waals surface area contributed by atoms with Crippen molar-refractivity contribution in [3.05, 3.63) is 15.8 Å². The molecule has 2 amide bonds. The molecule has 0 aromatic carbocycles. The van der Waals surface area contributed by atoms with Crippen molar-refractivity contribution >= 4 is 27.5 Å². The number of thiazole rings is 1. The van der Waals surface area contributed by atoms with Gasteiger partial charge in [0.1, 0.15) is 5.69 Å². The number of carbonyl (C=O) groups excluding carboxylic acids is 1. The van der Waals surface area contributed by atoms with Crippen LogP contribution in [0.1, 0.15) is 5.69 Å². The van der Waals surface area contributed by atoms with Gasteiger partial charge in [0, 0.05) is 14.1 Å². The van der Waals surface area contributed by atoms with Gasteiger partial charge in [-0.15, -0.1) is 0 Å². The number of carbonyl (C=O) groups is 1. The molecule has 0 aliphatic rings. The van der Waals surface area contributed by atoms with Crippen molar-refractivity contribution < 1.29 is 9.72 Å². The Balaban J connectivity index is 2.84. The number of anilines is 1. The average Bonchev–Trinajstić information content (AvgIpc) is 2.46. The molecule has 7 nitrogen and oxygen atoms in total. The minimum atomic E-state index is -0.516. The number of nitro groups is 1. The van der Waals surface area contributed by atoms with Crippen LogP contribution in [0.2, 0.25) is 0 Å². The first-order valence-corrected chi connectivity index (χ1v) is 4.83. The smallest absolute Gasteiger partial charge is 0.331 e. The zero-order chi connectivity index (χ0) is 11.6. The van der Waals surface area contributed by atoms with Gasteiger partial charge < -0.3 is 4.90 Å². The van der Waals surface area contributed by atoms with Gasteiger partial charge in [0.2, 0.25) is 0 Å². The Hall–Kier alpha value is -1.70. The van der Waals surface area contributed by atoms with Crippen LogP contribution >= 0.6 is 11.3 Å². The summed E-state index contributed by atoms with van der Waals surface area (Å²) < 4.78 is 0. The van der Waals surface area contributed by atoms with Crippen LogP contribution in [0.25, 0.3) is 0 Å². The molecule has 0 saturated heterocycles. The largest absolute Gasteiger partial charge is 0.348 e. The van der Waals surface area contributed by atoms with E-state index in [1.54, 1.807) is 14.1 Å². The third kappa shape index (κ3) is 2.62. The van der Waals surface area contributed by atoms with Crippen LogP contribution < -0.4 is 5.32 Å². The predicted molar refractivity (Wildman–Crippen MR) is 56.2 cm³/mol. The van der Waals surface area contributed by atoms with Crippen molar-refractivity contribution in [2.45, 2.75) is 6.92 Å². The fourth-order valence-electron chi connectivity index (χ4n) is 0.815. The van der Waals surface area contributed by atoms with Crippen molar-refractivity contribution in [1.29, 1.82) is 0 Å². The first kappa shape index (κ1) is 11.4. The highest BCUT2D eigenvalue weighted by Crippen LogP contribution is 2.29. The van der Waals surface area contributed by atoms with Gasteiger partial charge >= 0.3 is 11.0 Å². The molecular weight excluding hydrogens is 220 g/mol. The minimum absolute atomic E-state index is 0.0518. The van der Waals surface area contributed by atoms with Crippen LogP contribution in [-0.2, 0) is 0 Å². The molecular formula is C7H10N4O3S. The maximum atomic E-state index is 11.2. The zero-order valence-electron chi connectivity index (χ0n) is 8.47. The van der Waals surface area contributed by atoms with Gasteiger partial charge in [-0.1, -0.05) is 0 Å². The molecule has 0 aliphatic heterocycles. The maximum Gasteiger partial charge on any atom is 0.348 e. The number of hydrogen-bond acceptors (Lipinski definition) is 5. The lowest BCUT2D eigenvalue weighted by molar-refractivity contribution is -0.380. The Labute approximate surface area is 89.9 Å². The second kappa shape index (κ2) is 4.22. The van der Waals surface area contributed by atoms with Crippen LogP contribution in [0.15, 0.2) is 0 Å². The Bertz CT molecular complexity index is 401. The molecule has 0 saturated carbocycles. The van der Waals surface area contributed by atoms with Gasteiger partial charge in [-0.3, -0.25) is 15.4 Å². The lowest BCUT2D eigenvalue weighted by atomic mass is 10.5. The van der Waals surface area contributed by atoms with E-state index in [1.165, 1.54) is 11.8 Å². The van der Waals surface area contributed by atoms with E-state index in [1.807, 2.05) is 0 Å². The molecule has 0 radical (unpaired) electrons. The fourth-order valence-corrected chi connectivity index (χ4v) is 1.59. The van der Waals surface area contributed by atoms with Crippen molar-refractivity contribution in [3.8, 4) is 0 Å². The normalized spacial score (nSPS) is 9.80. The molecule has 0 aliphatic carbocycles. The summed E-state index contributed by atoms with van der Waals surface area (Å²) >= 11 is 0.845. The van der Waals surface area contributed by atoms with E-state index in [4.69, 9.17) is 0 Å². The third-order valence-corrected chi connectivity index (χ3v) is 2.58. The van der Waals surface area contributed by atoms with Crippen LogP contribution in [0.5, 0.6) is 0 Å². The zero-order valence-corrected chi connectivity index (χ0v) is 9.29. The molecule has 1 aromatic heterocycles. The first-order valence-electron chi connectivity index (χ1n) is 4.02. The van der Waals surface area contributed by atoms with E-state index in [0.717, 1.165) is 11.3 Å². The van der Waals surface area contributed by atoms with Crippen LogP contribution in [0.3, 0.4) is 0 Å². The number of hydrogen-bond donors (Lipinski definition) is 1. The average molecular weight is 230 g/mol. The Morgan fingerprint density at radius 3 is 2.60 bits per heavy atom. The SMILES string of the molecule is Cc1nc(NC(=O)N(C)C)sc1[N+](=O)[O-]. The number of aryl methyl sites for hydroxylation is 1. The molecule has 0 unspecified atom stereocenters. The van der Waals surface area contributed by atoms with Crippen molar-refractivity contribution in [3.63, 3.8) is 0 Å². The van der Waals surface area contributed by atoms with Gasteiger partial charge in [0.15, 0.2) is 5.13 Å². The van der Waals surface area contributed by atoms with Crippen LogP contribution in [-0.4, -0.2) is 34.9 Å². The van der Waals surface area contributed by atoms with E-state index in [9.17, 15) is 14.9 Å². The van der Waals surface area contributed by atoms with Crippen LogP contribution in [0, 0.1) is 17.0 Å². The lowest BCUT2D eigenvalue weighted by Crippen LogP contribution is -2.27. The van der Waals surface area contributed by atoms with E-state index < -0.39 is 4.92 Å². The minimum Gasteiger partial charge on any atom is -0.331 e. The summed E-state index contributed by atoms with van der Waals surface area (Å²) in [5, 5.41) is 13.1. The molecule has 82 valence electrons. The molecule has 0 atom stereocenters. The third-order valence-electron chi connectivity index (χ3n) is 1.56. The van der Waals surface area contributed by atoms with Crippen LogP contribution in [0.4, 0.5) is 14.9 Å². The summed E-state index contributed by atoms with van der Waals surface area (Å²) in [7, 11) is 3.15. The number of rotatable bonds is 2. The molecule has 15 heavy (non-hydrogen) atoms. The van der Waals surface area contributed by atoms with Crippen molar-refractivity contribution in [2.75, 3.05) is 19.4 Å². The Morgan fingerprint density at radius 1 is 1.60 bits per heavy atom. The van der Waals surface area contributed by atoms with Crippen molar-refractivity contribution in [1.82, 2.24) is 9.88 Å². The van der Waals surface area contributed by atoms with Gasteiger partial charge in [-0.25, -0.2) is 9.78 Å². The molecule has 1 aromatic rings. The molecule has 1 rings (SSSR count). The fraction of sp³-hybridized carbons (Fsp3) is 0.429. The summed E-state index contributed by atoms with van der Waals surface area (Å²) in [6, 6.07) is -0.362. The standard InChI is InChI=1S/C7H10N4O3S/c1-4-5(11(13)14)15-6(8-4)9-7(12)10(2)3/h1-3H3,(H,8,9,12). The van der Waals surface area contributed by atoms with E-state index in [0.29, 0.717) is 5.69 Å². The molecule has 1 heterocycles. The van der Waals surface area contributed by atoms with Gasteiger partial charge in [-0.05, 0) is 18.3 Å². The van der Waals surface area contributed by atoms with E-state index in [2.05, 4.69) is 10.3 Å². The topological polar surface area (TPSA) is 88.4 Å². The highest BCUT2D eigenvalue weighted by molar-refractivity contribution is 7.19. The number of urea groups is 1. The number of amides is 2. The van der Waals surface area contributed by atoms with Crippen molar-refractivity contribution in [2.24, 2.45) is 0 Å². The highest BCUT2D eigenvalue weighted by atomic mass is 32.1. The number of nitrogens with zero attached hydrogens (tertiary/aromatic N) is 3. The van der Waals surface area contributed by atoms with Gasteiger partial charge in [-0.2, -0.15) is 0 Å². The summed E-state index contributed by atoms with van der Waals surface area (Å²) in [5.74, 6) is 0. The summed E-state index contributed by atoms with van der Waals surface area (Å²) in [6.07, 6.45) is 0. The highest BCUT2D eigenvalue weighted by Gasteiger charge is 2.18. The summed E-state index contributed by atoms with van der Waals surface area (Å²) in [4.78, 5) is 26.4. The molecule has 0 fully saturated rings. The molecule has 1 N–H and O–H groups in total. The molecule has 0 bridgehead atoms. The van der Waals surface area contributed by atoms with E-state index >= 15 is 0 Å². The number of aromatic nitrogens is 1. The van der Waals surface area contributed by atoms with Gasteiger partial charge in [0.05, 0.1) is 4.92 Å². The monoisotopic (exact) mass is 230 g/mol. The van der Waals surface area contributed by atoms with E-state index in [-0.39, 0.29) is 16.2 Å². The maximum absolute atomic E-state index is 11.2. The number of nitrogens with one attached hydrogen (secondary N) is 1. The summed E-state index contributed by atoms with van der Waals surface area (Å²) in [6.45, 7) is 1.53. The Kier molecular flexibility index (Phi) is 3.20. The molecule has 8 heteroatoms. The lowest BCUT2D eigenvalue weighted by Gasteiger charge is -2.08. The quantitative estimate of drug-likeness (QED) is 0.615. The second-order valence-corrected chi connectivity index (χ2v) is 3.97. The van der Waals surface area contributed by atoms with Gasteiger partial charge in [0.25, 0.3) is 0 Å². The Morgan fingerprint density at radius 2 is 2.20 bits per heavy atom. The first-order chi connectivity index (χ1) is 6.91. The predicted octanol–water partition coefficient (Wildman–Crippen LogP) is 1.45. The molecule has 0 spiro atoms.